The molecule has 0 saturated carbocycles. The molecule has 0 N–H and O–H groups in total. The van der Waals surface area contributed by atoms with Crippen molar-refractivity contribution in [2.24, 2.45) is 0 Å². The van der Waals surface area contributed by atoms with E-state index in [2.05, 4.69) is 163 Å². The Morgan fingerprint density at radius 3 is 1.05 bits per heavy atom. The third-order valence-corrected chi connectivity index (χ3v) is 7.40. The van der Waals surface area contributed by atoms with Crippen molar-refractivity contribution in [2.75, 3.05) is 0 Å². The van der Waals surface area contributed by atoms with Gasteiger partial charge >= 0.3 is 25.8 Å². The molecular weight excluding hydrogens is 706 g/mol. The molecule has 0 bridgehead atoms. The first kappa shape index (κ1) is 34.7. The van der Waals surface area contributed by atoms with Crippen LogP contribution >= 0.6 is 0 Å². The SMILES string of the molecule is CC(C)(C)c1ccc(-c2cc3ccccc3[cH-]2)cc1.CC(C)(C)c1ccc(-c2cc3ccccc3[cH-]2)cc1.[Cl-].[Cl-].[Hf+4]. The molecule has 0 atom stereocenters. The fourth-order valence-corrected chi connectivity index (χ4v) is 4.96. The van der Waals surface area contributed by atoms with Gasteiger partial charge in [0.2, 0.25) is 0 Å². The van der Waals surface area contributed by atoms with Crippen LogP contribution in [0, 0.1) is 0 Å². The Balaban J connectivity index is 0.000000267. The zero-order valence-corrected chi connectivity index (χ0v) is 29.9. The van der Waals surface area contributed by atoms with Gasteiger partial charge in [-0.1, -0.05) is 138 Å². The van der Waals surface area contributed by atoms with Crippen LogP contribution in [0.15, 0.2) is 121 Å². The molecule has 0 radical (unpaired) electrons. The molecule has 6 aromatic carbocycles. The Labute approximate surface area is 277 Å². The maximum atomic E-state index is 2.27. The van der Waals surface area contributed by atoms with Gasteiger partial charge in [0.1, 0.15) is 0 Å². The molecule has 41 heavy (non-hydrogen) atoms. The quantitative estimate of drug-likeness (QED) is 0.172. The Morgan fingerprint density at radius 1 is 0.439 bits per heavy atom. The van der Waals surface area contributed by atoms with E-state index in [1.807, 2.05) is 0 Å². The van der Waals surface area contributed by atoms with Crippen molar-refractivity contribution in [3.05, 3.63) is 132 Å². The fourth-order valence-electron chi connectivity index (χ4n) is 4.96. The first-order valence-electron chi connectivity index (χ1n) is 13.6. The number of hydrogen-bond acceptors (Lipinski definition) is 0. The molecule has 0 fully saturated rings. The van der Waals surface area contributed by atoms with Crippen molar-refractivity contribution in [1.29, 1.82) is 0 Å². The van der Waals surface area contributed by atoms with E-state index >= 15 is 0 Å². The predicted molar refractivity (Wildman–Crippen MR) is 167 cm³/mol. The standard InChI is InChI=1S/2C19H19.2ClH.Hf/c2*1-19(2,3)18-10-8-14(9-11-18)17-12-15-6-4-5-7-16(15)13-17;;;/h2*4-13H,1-3H3;2*1H;/q2*-1;;;+4/p-2. The zero-order chi connectivity index (χ0) is 26.9. The normalized spacial score (nSPS) is 11.1. The second kappa shape index (κ2) is 14.1. The van der Waals surface area contributed by atoms with Crippen molar-refractivity contribution in [3.8, 4) is 22.3 Å². The van der Waals surface area contributed by atoms with E-state index in [1.54, 1.807) is 0 Å². The summed E-state index contributed by atoms with van der Waals surface area (Å²) in [4.78, 5) is 0. The average Bonchev–Trinajstić information content (AvgIpc) is 3.53. The largest absolute Gasteiger partial charge is 4.00 e. The van der Waals surface area contributed by atoms with E-state index in [-0.39, 0.29) is 61.5 Å². The van der Waals surface area contributed by atoms with Gasteiger partial charge in [-0.25, -0.2) is 0 Å². The Morgan fingerprint density at radius 2 is 0.756 bits per heavy atom. The predicted octanol–water partition coefficient (Wildman–Crippen LogP) is 5.05. The molecule has 208 valence electrons. The maximum Gasteiger partial charge on any atom is 4.00 e. The number of rotatable bonds is 2. The second-order valence-corrected chi connectivity index (χ2v) is 12.4. The van der Waals surface area contributed by atoms with Crippen molar-refractivity contribution >= 4 is 21.5 Å². The molecule has 3 heteroatoms. The molecular formula is C38H38Cl2Hf. The Hall–Kier alpha value is -2.45. The molecule has 0 heterocycles. The molecule has 0 aliphatic carbocycles. The molecule has 0 unspecified atom stereocenters. The fraction of sp³-hybridized carbons (Fsp3) is 0.211. The van der Waals surface area contributed by atoms with Gasteiger partial charge in [0.05, 0.1) is 0 Å². The summed E-state index contributed by atoms with van der Waals surface area (Å²) in [5, 5.41) is 5.27. The van der Waals surface area contributed by atoms with E-state index in [1.165, 1.54) is 54.9 Å². The molecule has 0 saturated heterocycles. The molecule has 0 aromatic heterocycles. The van der Waals surface area contributed by atoms with Gasteiger partial charge in [0.15, 0.2) is 0 Å². The smallest absolute Gasteiger partial charge is 1.00 e. The van der Waals surface area contributed by atoms with Crippen molar-refractivity contribution in [1.82, 2.24) is 0 Å². The van der Waals surface area contributed by atoms with Gasteiger partial charge in [0, 0.05) is 0 Å². The minimum Gasteiger partial charge on any atom is -1.00 e. The van der Waals surface area contributed by atoms with Crippen LogP contribution in [0.25, 0.3) is 43.8 Å². The van der Waals surface area contributed by atoms with Crippen LogP contribution in [0.4, 0.5) is 0 Å². The van der Waals surface area contributed by atoms with Gasteiger partial charge in [0.25, 0.3) is 0 Å². The molecule has 0 nitrogen and oxygen atoms in total. The Kier molecular flexibility index (Phi) is 12.0. The summed E-state index contributed by atoms with van der Waals surface area (Å²) in [6, 6.07) is 44.0. The minimum absolute atomic E-state index is 0. The summed E-state index contributed by atoms with van der Waals surface area (Å²) in [6.45, 7) is 13.5. The third-order valence-electron chi connectivity index (χ3n) is 7.40. The maximum absolute atomic E-state index is 2.27. The van der Waals surface area contributed by atoms with Crippen molar-refractivity contribution < 1.29 is 50.7 Å². The average molecular weight is 744 g/mol. The summed E-state index contributed by atoms with van der Waals surface area (Å²) < 4.78 is 0. The van der Waals surface area contributed by atoms with Crippen molar-refractivity contribution in [3.63, 3.8) is 0 Å². The first-order chi connectivity index (χ1) is 18.1. The van der Waals surface area contributed by atoms with Crippen LogP contribution in [-0.2, 0) is 36.7 Å². The van der Waals surface area contributed by atoms with Gasteiger partial charge in [-0.2, -0.15) is 0 Å². The van der Waals surface area contributed by atoms with Crippen LogP contribution in [0.5, 0.6) is 0 Å². The summed E-state index contributed by atoms with van der Waals surface area (Å²) in [7, 11) is 0. The number of benzene rings is 4. The molecule has 0 aliphatic heterocycles. The molecule has 6 aromatic rings. The van der Waals surface area contributed by atoms with E-state index in [0.717, 1.165) is 0 Å². The number of halogens is 2. The van der Waals surface area contributed by atoms with Gasteiger partial charge in [-0.3, -0.25) is 0 Å². The molecule has 0 aliphatic rings. The van der Waals surface area contributed by atoms with Gasteiger partial charge in [-0.05, 0) is 22.0 Å². The summed E-state index contributed by atoms with van der Waals surface area (Å²) in [6.07, 6.45) is 0. The van der Waals surface area contributed by atoms with E-state index < -0.39 is 0 Å². The summed E-state index contributed by atoms with van der Waals surface area (Å²) in [5.41, 5.74) is 8.40. The van der Waals surface area contributed by atoms with Crippen LogP contribution < -0.4 is 24.8 Å². The summed E-state index contributed by atoms with van der Waals surface area (Å²) in [5.74, 6) is 0. The topological polar surface area (TPSA) is 0 Å². The van der Waals surface area contributed by atoms with Crippen LogP contribution in [0.1, 0.15) is 52.7 Å². The number of fused-ring (bicyclic) bond motifs is 2. The van der Waals surface area contributed by atoms with Crippen LogP contribution in [0.2, 0.25) is 0 Å². The van der Waals surface area contributed by atoms with Crippen LogP contribution in [-0.4, -0.2) is 0 Å². The molecule has 0 amide bonds. The van der Waals surface area contributed by atoms with Gasteiger partial charge < -0.3 is 24.8 Å². The van der Waals surface area contributed by atoms with Crippen molar-refractivity contribution in [2.45, 2.75) is 52.4 Å². The monoisotopic (exact) mass is 744 g/mol. The Bertz CT molecular complexity index is 1460. The van der Waals surface area contributed by atoms with E-state index in [9.17, 15) is 0 Å². The molecule has 6 rings (SSSR count). The first-order valence-corrected chi connectivity index (χ1v) is 13.6. The van der Waals surface area contributed by atoms with E-state index in [0.29, 0.717) is 0 Å². The third kappa shape index (κ3) is 8.31. The van der Waals surface area contributed by atoms with E-state index in [4.69, 9.17) is 0 Å². The molecule has 0 spiro atoms. The second-order valence-electron chi connectivity index (χ2n) is 12.4. The summed E-state index contributed by atoms with van der Waals surface area (Å²) >= 11 is 0. The minimum atomic E-state index is 0. The number of hydrogen-bond donors (Lipinski definition) is 0. The zero-order valence-electron chi connectivity index (χ0n) is 24.8. The van der Waals surface area contributed by atoms with Crippen LogP contribution in [0.3, 0.4) is 0 Å². The van der Waals surface area contributed by atoms with Gasteiger partial charge in [-0.15, -0.1) is 69.1 Å².